The lowest BCUT2D eigenvalue weighted by molar-refractivity contribution is 0.261. The molecule has 1 unspecified atom stereocenters. The summed E-state index contributed by atoms with van der Waals surface area (Å²) in [6.45, 7) is 3.88. The molecule has 3 heteroatoms. The van der Waals surface area contributed by atoms with E-state index >= 15 is 0 Å². The maximum absolute atomic E-state index is 5.69. The number of hydrogen-bond acceptors (Lipinski definition) is 3. The second kappa shape index (κ2) is 5.49. The van der Waals surface area contributed by atoms with Gasteiger partial charge >= 0.3 is 0 Å². The molecular formula is C16H19NO2. The zero-order valence-corrected chi connectivity index (χ0v) is 11.1. The Kier molecular flexibility index (Phi) is 3.56. The molecule has 0 radical (unpaired) electrons. The number of hydrogen-bond donors (Lipinski definition) is 1. The third kappa shape index (κ3) is 2.66. The monoisotopic (exact) mass is 257 g/mol. The van der Waals surface area contributed by atoms with Crippen LogP contribution in [-0.2, 0) is 0 Å². The van der Waals surface area contributed by atoms with Crippen LogP contribution in [0.25, 0.3) is 0 Å². The lowest BCUT2D eigenvalue weighted by atomic mass is 9.93. The molecule has 1 aliphatic heterocycles. The molecule has 1 aromatic heterocycles. The highest BCUT2D eigenvalue weighted by atomic mass is 16.5. The van der Waals surface area contributed by atoms with Gasteiger partial charge in [0.2, 0.25) is 0 Å². The fraction of sp³-hybridized carbons (Fsp3) is 0.375. The Bertz CT molecular complexity index is 521. The summed E-state index contributed by atoms with van der Waals surface area (Å²) in [5, 5.41) is 3.55. The van der Waals surface area contributed by atoms with E-state index in [1.54, 1.807) is 6.26 Å². The Morgan fingerprint density at radius 1 is 1.26 bits per heavy atom. The van der Waals surface area contributed by atoms with E-state index in [-0.39, 0.29) is 6.04 Å². The van der Waals surface area contributed by atoms with Crippen LogP contribution in [0.3, 0.4) is 0 Å². The number of nitrogens with one attached hydrogen (secondary N) is 1. The highest BCUT2D eigenvalue weighted by Gasteiger charge is 2.21. The van der Waals surface area contributed by atoms with Gasteiger partial charge in [0.1, 0.15) is 11.5 Å². The standard InChI is InChI=1S/C16H19NO2/c1-12(15-7-4-9-18-15)17-11-13-8-10-19-16-6-3-2-5-14(13)16/h2-7,9,12-13,17H,8,10-11H2,1H3/t12-,13?/m1/s1. The van der Waals surface area contributed by atoms with Crippen molar-refractivity contribution in [2.45, 2.75) is 25.3 Å². The topological polar surface area (TPSA) is 34.4 Å². The van der Waals surface area contributed by atoms with Gasteiger partial charge in [-0.3, -0.25) is 0 Å². The van der Waals surface area contributed by atoms with Gasteiger partial charge in [0.05, 0.1) is 18.9 Å². The average molecular weight is 257 g/mol. The van der Waals surface area contributed by atoms with Crippen molar-refractivity contribution in [2.75, 3.05) is 13.2 Å². The summed E-state index contributed by atoms with van der Waals surface area (Å²) < 4.78 is 11.1. The fourth-order valence-corrected chi connectivity index (χ4v) is 2.59. The van der Waals surface area contributed by atoms with Gasteiger partial charge in [-0.15, -0.1) is 0 Å². The van der Waals surface area contributed by atoms with E-state index in [2.05, 4.69) is 30.4 Å². The maximum Gasteiger partial charge on any atom is 0.122 e. The molecule has 1 aliphatic rings. The Balaban J connectivity index is 1.65. The first-order valence-corrected chi connectivity index (χ1v) is 6.83. The minimum absolute atomic E-state index is 0.241. The molecule has 2 heterocycles. The lowest BCUT2D eigenvalue weighted by Gasteiger charge is -2.27. The van der Waals surface area contributed by atoms with Crippen molar-refractivity contribution >= 4 is 0 Å². The number of fused-ring (bicyclic) bond motifs is 1. The first-order chi connectivity index (χ1) is 9.34. The molecule has 2 aromatic rings. The Hall–Kier alpha value is -1.74. The summed E-state index contributed by atoms with van der Waals surface area (Å²) in [7, 11) is 0. The molecule has 0 bridgehead atoms. The molecule has 100 valence electrons. The molecule has 0 saturated heterocycles. The minimum atomic E-state index is 0.241. The average Bonchev–Trinajstić information content (AvgIpc) is 2.99. The SMILES string of the molecule is C[C@@H](NCC1CCOc2ccccc21)c1ccco1. The van der Waals surface area contributed by atoms with Crippen LogP contribution in [0.15, 0.2) is 47.1 Å². The number of benzene rings is 1. The maximum atomic E-state index is 5.69. The van der Waals surface area contributed by atoms with Crippen molar-refractivity contribution in [3.8, 4) is 5.75 Å². The summed E-state index contributed by atoms with van der Waals surface area (Å²) in [6.07, 6.45) is 2.78. The second-order valence-corrected chi connectivity index (χ2v) is 5.02. The minimum Gasteiger partial charge on any atom is -0.493 e. The molecular weight excluding hydrogens is 238 g/mol. The van der Waals surface area contributed by atoms with Crippen molar-refractivity contribution in [2.24, 2.45) is 0 Å². The van der Waals surface area contributed by atoms with E-state index in [1.165, 1.54) is 5.56 Å². The van der Waals surface area contributed by atoms with Crippen LogP contribution in [0.1, 0.15) is 36.6 Å². The number of furan rings is 1. The molecule has 0 saturated carbocycles. The highest BCUT2D eigenvalue weighted by molar-refractivity contribution is 5.37. The predicted octanol–water partition coefficient (Wildman–Crippen LogP) is 3.50. The van der Waals surface area contributed by atoms with Crippen LogP contribution in [0.2, 0.25) is 0 Å². The molecule has 0 aliphatic carbocycles. The van der Waals surface area contributed by atoms with Gasteiger partial charge in [0.15, 0.2) is 0 Å². The largest absolute Gasteiger partial charge is 0.493 e. The highest BCUT2D eigenvalue weighted by Crippen LogP contribution is 2.33. The van der Waals surface area contributed by atoms with Gasteiger partial charge < -0.3 is 14.5 Å². The van der Waals surface area contributed by atoms with Gasteiger partial charge in [-0.2, -0.15) is 0 Å². The van der Waals surface area contributed by atoms with E-state index in [4.69, 9.17) is 9.15 Å². The van der Waals surface area contributed by atoms with E-state index < -0.39 is 0 Å². The Morgan fingerprint density at radius 3 is 3.00 bits per heavy atom. The summed E-state index contributed by atoms with van der Waals surface area (Å²) in [5.41, 5.74) is 1.31. The summed E-state index contributed by atoms with van der Waals surface area (Å²) >= 11 is 0. The fourth-order valence-electron chi connectivity index (χ4n) is 2.59. The summed E-state index contributed by atoms with van der Waals surface area (Å²) in [6, 6.07) is 12.5. The van der Waals surface area contributed by atoms with Crippen molar-refractivity contribution in [1.82, 2.24) is 5.32 Å². The van der Waals surface area contributed by atoms with Crippen LogP contribution < -0.4 is 10.1 Å². The van der Waals surface area contributed by atoms with Crippen LogP contribution in [-0.4, -0.2) is 13.2 Å². The summed E-state index contributed by atoms with van der Waals surface area (Å²) in [4.78, 5) is 0. The van der Waals surface area contributed by atoms with Crippen molar-refractivity contribution in [3.63, 3.8) is 0 Å². The smallest absolute Gasteiger partial charge is 0.122 e. The van der Waals surface area contributed by atoms with E-state index in [1.807, 2.05) is 18.2 Å². The Morgan fingerprint density at radius 2 is 2.16 bits per heavy atom. The first-order valence-electron chi connectivity index (χ1n) is 6.83. The Labute approximate surface area is 113 Å². The van der Waals surface area contributed by atoms with Gasteiger partial charge in [0, 0.05) is 12.5 Å². The normalized spacial score (nSPS) is 19.5. The van der Waals surface area contributed by atoms with E-state index in [9.17, 15) is 0 Å². The second-order valence-electron chi connectivity index (χ2n) is 5.02. The number of ether oxygens (including phenoxy) is 1. The number of para-hydroxylation sites is 1. The summed E-state index contributed by atoms with van der Waals surface area (Å²) in [5.74, 6) is 2.54. The first kappa shape index (κ1) is 12.3. The van der Waals surface area contributed by atoms with E-state index in [0.29, 0.717) is 5.92 Å². The van der Waals surface area contributed by atoms with Crippen LogP contribution in [0.4, 0.5) is 0 Å². The van der Waals surface area contributed by atoms with Gasteiger partial charge in [-0.1, -0.05) is 18.2 Å². The molecule has 1 aromatic carbocycles. The van der Waals surface area contributed by atoms with Crippen LogP contribution in [0, 0.1) is 0 Å². The molecule has 0 spiro atoms. The molecule has 1 N–H and O–H groups in total. The van der Waals surface area contributed by atoms with Crippen LogP contribution in [0.5, 0.6) is 5.75 Å². The molecule has 0 amide bonds. The van der Waals surface area contributed by atoms with Gasteiger partial charge in [-0.05, 0) is 37.1 Å². The molecule has 19 heavy (non-hydrogen) atoms. The van der Waals surface area contributed by atoms with Crippen molar-refractivity contribution in [1.29, 1.82) is 0 Å². The third-order valence-corrected chi connectivity index (χ3v) is 3.72. The lowest BCUT2D eigenvalue weighted by Crippen LogP contribution is -2.27. The van der Waals surface area contributed by atoms with Crippen molar-refractivity contribution in [3.05, 3.63) is 54.0 Å². The zero-order chi connectivity index (χ0) is 13.1. The molecule has 3 nitrogen and oxygen atoms in total. The third-order valence-electron chi connectivity index (χ3n) is 3.72. The predicted molar refractivity (Wildman–Crippen MR) is 74.4 cm³/mol. The molecule has 0 fully saturated rings. The van der Waals surface area contributed by atoms with Gasteiger partial charge in [-0.25, -0.2) is 0 Å². The van der Waals surface area contributed by atoms with Gasteiger partial charge in [0.25, 0.3) is 0 Å². The zero-order valence-electron chi connectivity index (χ0n) is 11.1. The van der Waals surface area contributed by atoms with E-state index in [0.717, 1.165) is 31.1 Å². The molecule has 3 rings (SSSR count). The van der Waals surface area contributed by atoms with Crippen molar-refractivity contribution < 1.29 is 9.15 Å². The quantitative estimate of drug-likeness (QED) is 0.910. The van der Waals surface area contributed by atoms with Crippen LogP contribution >= 0.6 is 0 Å². The molecule has 2 atom stereocenters. The number of rotatable bonds is 4.